The summed E-state index contributed by atoms with van der Waals surface area (Å²) in [6.45, 7) is 0. The lowest BCUT2D eigenvalue weighted by Crippen LogP contribution is -2.30. The molecule has 5 nitrogen and oxygen atoms in total. The van der Waals surface area contributed by atoms with Crippen LogP contribution in [0.15, 0.2) is 99.7 Å². The number of furan rings is 1. The molecule has 0 fully saturated rings. The van der Waals surface area contributed by atoms with Crippen molar-refractivity contribution < 1.29 is 14.0 Å². The lowest BCUT2D eigenvalue weighted by atomic mass is 10.1. The first-order chi connectivity index (χ1) is 14.6. The van der Waals surface area contributed by atoms with Crippen molar-refractivity contribution in [1.82, 2.24) is 5.32 Å². The summed E-state index contributed by atoms with van der Waals surface area (Å²) < 4.78 is 6.18. The van der Waals surface area contributed by atoms with Crippen LogP contribution in [0.2, 0.25) is 0 Å². The molecule has 6 heteroatoms. The number of halogens is 1. The van der Waals surface area contributed by atoms with Gasteiger partial charge in [0, 0.05) is 27.2 Å². The predicted octanol–water partition coefficient (Wildman–Crippen LogP) is 5.60. The van der Waals surface area contributed by atoms with Gasteiger partial charge in [-0.25, -0.2) is 0 Å². The van der Waals surface area contributed by atoms with Gasteiger partial charge in [0.1, 0.15) is 11.5 Å². The number of hydrogen-bond acceptors (Lipinski definition) is 3. The van der Waals surface area contributed by atoms with Gasteiger partial charge in [-0.2, -0.15) is 0 Å². The third-order valence-corrected chi connectivity index (χ3v) is 5.00. The summed E-state index contributed by atoms with van der Waals surface area (Å²) in [4.78, 5) is 25.7. The number of amides is 2. The van der Waals surface area contributed by atoms with Crippen molar-refractivity contribution in [3.63, 3.8) is 0 Å². The number of anilines is 1. The van der Waals surface area contributed by atoms with Crippen molar-refractivity contribution in [3.8, 4) is 0 Å². The molecular weight excluding hydrogens is 444 g/mol. The monoisotopic (exact) mass is 460 g/mol. The molecule has 0 unspecified atom stereocenters. The van der Waals surface area contributed by atoms with E-state index in [-0.39, 0.29) is 5.70 Å². The Morgan fingerprint density at radius 2 is 1.63 bits per heavy atom. The highest BCUT2D eigenvalue weighted by Gasteiger charge is 2.16. The van der Waals surface area contributed by atoms with E-state index in [1.165, 1.54) is 12.3 Å². The van der Waals surface area contributed by atoms with Gasteiger partial charge in [0.15, 0.2) is 0 Å². The molecule has 0 saturated carbocycles. The quantitative estimate of drug-likeness (QED) is 0.380. The van der Waals surface area contributed by atoms with Crippen LogP contribution in [0.5, 0.6) is 0 Å². The molecule has 0 aliphatic heterocycles. The number of fused-ring (bicyclic) bond motifs is 1. The van der Waals surface area contributed by atoms with Crippen molar-refractivity contribution in [2.45, 2.75) is 0 Å². The molecule has 0 saturated heterocycles. The van der Waals surface area contributed by atoms with Gasteiger partial charge in [-0.15, -0.1) is 0 Å². The molecule has 0 atom stereocenters. The second-order valence-electron chi connectivity index (χ2n) is 6.52. The Labute approximate surface area is 181 Å². The maximum Gasteiger partial charge on any atom is 0.272 e. The standard InChI is InChI=1S/C24H17BrN2O3/c25-18-12-10-17(11-13-18)23(28)27-22(15-19-7-4-14-30-19)24(29)26-21-9-3-6-16-5-1-2-8-20(16)21/h1-15H,(H,26,29)(H,27,28). The molecule has 4 aromatic rings. The summed E-state index contributed by atoms with van der Waals surface area (Å²) in [5.74, 6) is -0.393. The zero-order valence-electron chi connectivity index (χ0n) is 15.8. The number of nitrogens with one attached hydrogen (secondary N) is 2. The second kappa shape index (κ2) is 8.80. The summed E-state index contributed by atoms with van der Waals surface area (Å²) in [5.41, 5.74) is 1.16. The fourth-order valence-corrected chi connectivity index (χ4v) is 3.26. The van der Waals surface area contributed by atoms with Gasteiger partial charge in [0.05, 0.1) is 6.26 Å². The van der Waals surface area contributed by atoms with Crippen LogP contribution in [0, 0.1) is 0 Å². The van der Waals surface area contributed by atoms with Crippen LogP contribution < -0.4 is 10.6 Å². The minimum absolute atomic E-state index is 0.0748. The van der Waals surface area contributed by atoms with E-state index in [0.717, 1.165) is 15.2 Å². The minimum Gasteiger partial charge on any atom is -0.465 e. The lowest BCUT2D eigenvalue weighted by molar-refractivity contribution is -0.113. The number of rotatable bonds is 5. The molecule has 0 aliphatic carbocycles. The van der Waals surface area contributed by atoms with Gasteiger partial charge < -0.3 is 15.1 Å². The number of carbonyl (C=O) groups excluding carboxylic acids is 2. The second-order valence-corrected chi connectivity index (χ2v) is 7.43. The van der Waals surface area contributed by atoms with Crippen molar-refractivity contribution in [1.29, 1.82) is 0 Å². The van der Waals surface area contributed by atoms with Gasteiger partial charge in [-0.3, -0.25) is 9.59 Å². The molecule has 2 amide bonds. The van der Waals surface area contributed by atoms with Crippen LogP contribution in [0.3, 0.4) is 0 Å². The largest absolute Gasteiger partial charge is 0.465 e. The first kappa shape index (κ1) is 19.7. The van der Waals surface area contributed by atoms with Crippen LogP contribution in [0.25, 0.3) is 16.8 Å². The first-order valence-corrected chi connectivity index (χ1v) is 10.0. The molecular formula is C24H17BrN2O3. The first-order valence-electron chi connectivity index (χ1n) is 9.21. The van der Waals surface area contributed by atoms with E-state index < -0.39 is 11.8 Å². The van der Waals surface area contributed by atoms with Gasteiger partial charge in [-0.05, 0) is 47.9 Å². The summed E-state index contributed by atoms with van der Waals surface area (Å²) in [6, 6.07) is 23.7. The SMILES string of the molecule is O=C(Nc1cccc2ccccc12)C(=Cc1ccco1)NC(=O)c1ccc(Br)cc1. The highest BCUT2D eigenvalue weighted by molar-refractivity contribution is 9.10. The molecule has 1 aromatic heterocycles. The molecule has 148 valence electrons. The van der Waals surface area contributed by atoms with E-state index in [2.05, 4.69) is 26.6 Å². The fraction of sp³-hybridized carbons (Fsp3) is 0. The normalized spacial score (nSPS) is 11.3. The van der Waals surface area contributed by atoms with Crippen LogP contribution in [-0.4, -0.2) is 11.8 Å². The average molecular weight is 461 g/mol. The van der Waals surface area contributed by atoms with Gasteiger partial charge in [0.2, 0.25) is 0 Å². The third-order valence-electron chi connectivity index (χ3n) is 4.47. The summed E-state index contributed by atoms with van der Waals surface area (Å²) in [6.07, 6.45) is 3.00. The Balaban J connectivity index is 1.63. The summed E-state index contributed by atoms with van der Waals surface area (Å²) in [5, 5.41) is 7.50. The van der Waals surface area contributed by atoms with Gasteiger partial charge >= 0.3 is 0 Å². The van der Waals surface area contributed by atoms with E-state index in [4.69, 9.17) is 4.42 Å². The van der Waals surface area contributed by atoms with Crippen LogP contribution in [0.4, 0.5) is 5.69 Å². The van der Waals surface area contributed by atoms with E-state index >= 15 is 0 Å². The van der Waals surface area contributed by atoms with Crippen molar-refractivity contribution in [2.24, 2.45) is 0 Å². The highest BCUT2D eigenvalue weighted by atomic mass is 79.9. The van der Waals surface area contributed by atoms with E-state index in [1.807, 2.05) is 42.5 Å². The number of carbonyl (C=O) groups is 2. The number of benzene rings is 3. The zero-order chi connectivity index (χ0) is 20.9. The van der Waals surface area contributed by atoms with Crippen LogP contribution in [-0.2, 0) is 4.79 Å². The molecule has 0 spiro atoms. The molecule has 2 N–H and O–H groups in total. The van der Waals surface area contributed by atoms with Gasteiger partial charge in [-0.1, -0.05) is 52.3 Å². The maximum absolute atomic E-state index is 13.1. The Bertz CT molecular complexity index is 1220. The molecule has 0 bridgehead atoms. The molecule has 30 heavy (non-hydrogen) atoms. The Morgan fingerprint density at radius 1 is 0.867 bits per heavy atom. The average Bonchev–Trinajstić information content (AvgIpc) is 3.27. The number of hydrogen-bond donors (Lipinski definition) is 2. The van der Waals surface area contributed by atoms with E-state index in [0.29, 0.717) is 17.0 Å². The third kappa shape index (κ3) is 4.50. The van der Waals surface area contributed by atoms with Gasteiger partial charge in [0.25, 0.3) is 11.8 Å². The van der Waals surface area contributed by atoms with Crippen molar-refractivity contribution in [2.75, 3.05) is 5.32 Å². The molecule has 0 aliphatic rings. The minimum atomic E-state index is -0.451. The van der Waals surface area contributed by atoms with Crippen LogP contribution in [0.1, 0.15) is 16.1 Å². The maximum atomic E-state index is 13.1. The Morgan fingerprint density at radius 3 is 2.40 bits per heavy atom. The predicted molar refractivity (Wildman–Crippen MR) is 121 cm³/mol. The molecule has 0 radical (unpaired) electrons. The highest BCUT2D eigenvalue weighted by Crippen LogP contribution is 2.23. The lowest BCUT2D eigenvalue weighted by Gasteiger charge is -2.12. The Kier molecular flexibility index (Phi) is 5.77. The Hall–Kier alpha value is -3.64. The fourth-order valence-electron chi connectivity index (χ4n) is 2.99. The van der Waals surface area contributed by atoms with E-state index in [9.17, 15) is 9.59 Å². The summed E-state index contributed by atoms with van der Waals surface area (Å²) >= 11 is 3.35. The molecule has 1 heterocycles. The van der Waals surface area contributed by atoms with E-state index in [1.54, 1.807) is 36.4 Å². The molecule has 3 aromatic carbocycles. The van der Waals surface area contributed by atoms with Crippen molar-refractivity contribution >= 4 is 50.3 Å². The molecule has 4 rings (SSSR count). The summed E-state index contributed by atoms with van der Waals surface area (Å²) in [7, 11) is 0. The zero-order valence-corrected chi connectivity index (χ0v) is 17.3. The smallest absolute Gasteiger partial charge is 0.272 e. The topological polar surface area (TPSA) is 71.3 Å². The van der Waals surface area contributed by atoms with Crippen molar-refractivity contribution in [3.05, 3.63) is 107 Å². The van der Waals surface area contributed by atoms with Crippen LogP contribution >= 0.6 is 15.9 Å².